The van der Waals surface area contributed by atoms with Crippen LogP contribution in [0.3, 0.4) is 0 Å². The molecule has 1 aromatic heterocycles. The minimum atomic E-state index is -3.80. The lowest BCUT2D eigenvalue weighted by atomic mass is 10.1. The molecule has 0 aliphatic carbocycles. The summed E-state index contributed by atoms with van der Waals surface area (Å²) < 4.78 is 40.6. The molecule has 0 saturated carbocycles. The van der Waals surface area contributed by atoms with Gasteiger partial charge in [-0.3, -0.25) is 5.10 Å². The Morgan fingerprint density at radius 2 is 2.19 bits per heavy atom. The van der Waals surface area contributed by atoms with E-state index in [4.69, 9.17) is 5.73 Å². The maximum absolute atomic E-state index is 13.6. The first-order chi connectivity index (χ1) is 9.85. The van der Waals surface area contributed by atoms with Crippen LogP contribution >= 0.6 is 0 Å². The van der Waals surface area contributed by atoms with E-state index in [0.717, 1.165) is 0 Å². The maximum Gasteiger partial charge on any atom is 0.258 e. The molecule has 0 fully saturated rings. The van der Waals surface area contributed by atoms with Crippen LogP contribution in [0.5, 0.6) is 0 Å². The number of halogens is 1. The van der Waals surface area contributed by atoms with Crippen molar-refractivity contribution in [1.29, 1.82) is 0 Å². The number of nitrogens with two attached hydrogens (primary N) is 1. The predicted octanol–water partition coefficient (Wildman–Crippen LogP) is 1.36. The van der Waals surface area contributed by atoms with Gasteiger partial charge in [0.2, 0.25) is 0 Å². The number of hydrogen-bond acceptors (Lipinski definition) is 4. The van der Waals surface area contributed by atoms with Crippen LogP contribution < -0.4 is 10.5 Å². The zero-order chi connectivity index (χ0) is 15.6. The zero-order valence-electron chi connectivity index (χ0n) is 11.7. The summed E-state index contributed by atoms with van der Waals surface area (Å²) in [6, 6.07) is 4.03. The van der Waals surface area contributed by atoms with E-state index in [9.17, 15) is 12.8 Å². The van der Waals surface area contributed by atoms with E-state index >= 15 is 0 Å². The summed E-state index contributed by atoms with van der Waals surface area (Å²) in [6.07, 6.45) is 1.37. The highest BCUT2D eigenvalue weighted by atomic mass is 32.2. The number of aryl methyl sites for hydroxylation is 1. The third-order valence-corrected chi connectivity index (χ3v) is 4.75. The third-order valence-electron chi connectivity index (χ3n) is 3.19. The van der Waals surface area contributed by atoms with Crippen molar-refractivity contribution < 1.29 is 12.8 Å². The lowest BCUT2D eigenvalue weighted by Gasteiger charge is -2.15. The van der Waals surface area contributed by atoms with E-state index in [1.807, 2.05) is 0 Å². The zero-order valence-corrected chi connectivity index (χ0v) is 12.5. The molecule has 0 saturated heterocycles. The fraction of sp³-hybridized carbons (Fsp3) is 0.308. The summed E-state index contributed by atoms with van der Waals surface area (Å²) in [5, 5.41) is 6.04. The molecule has 8 heteroatoms. The number of rotatable bonds is 5. The predicted molar refractivity (Wildman–Crippen MR) is 76.4 cm³/mol. The summed E-state index contributed by atoms with van der Waals surface area (Å²) in [6.45, 7) is 3.34. The Hall–Kier alpha value is -1.77. The maximum atomic E-state index is 13.6. The van der Waals surface area contributed by atoms with Crippen molar-refractivity contribution in [2.24, 2.45) is 5.73 Å². The molecule has 1 heterocycles. The second-order valence-corrected chi connectivity index (χ2v) is 6.43. The van der Waals surface area contributed by atoms with Gasteiger partial charge in [0.05, 0.1) is 6.20 Å². The molecule has 0 amide bonds. The fourth-order valence-electron chi connectivity index (χ4n) is 1.92. The Morgan fingerprint density at radius 3 is 2.81 bits per heavy atom. The van der Waals surface area contributed by atoms with E-state index in [1.54, 1.807) is 26.0 Å². The topological polar surface area (TPSA) is 101 Å². The van der Waals surface area contributed by atoms with Crippen molar-refractivity contribution in [3.63, 3.8) is 0 Å². The van der Waals surface area contributed by atoms with Gasteiger partial charge >= 0.3 is 0 Å². The lowest BCUT2D eigenvalue weighted by molar-refractivity contribution is 0.559. The quantitative estimate of drug-likeness (QED) is 0.776. The number of benzene rings is 1. The van der Waals surface area contributed by atoms with Gasteiger partial charge in [-0.1, -0.05) is 12.1 Å². The molecule has 6 nitrogen and oxygen atoms in total. The van der Waals surface area contributed by atoms with Gasteiger partial charge in [0.25, 0.3) is 10.0 Å². The van der Waals surface area contributed by atoms with Gasteiger partial charge in [0.15, 0.2) is 5.03 Å². The molecular formula is C13H17FN4O2S. The monoisotopic (exact) mass is 312 g/mol. The van der Waals surface area contributed by atoms with Gasteiger partial charge in [0.1, 0.15) is 5.82 Å². The van der Waals surface area contributed by atoms with Crippen molar-refractivity contribution in [3.8, 4) is 0 Å². The number of sulfonamides is 1. The Bertz CT molecular complexity index is 742. The molecule has 0 spiro atoms. The van der Waals surface area contributed by atoms with E-state index in [2.05, 4.69) is 14.9 Å². The van der Waals surface area contributed by atoms with Crippen molar-refractivity contribution in [2.75, 3.05) is 0 Å². The van der Waals surface area contributed by atoms with Crippen LogP contribution in [-0.4, -0.2) is 18.6 Å². The molecule has 4 N–H and O–H groups in total. The van der Waals surface area contributed by atoms with E-state index in [0.29, 0.717) is 16.7 Å². The van der Waals surface area contributed by atoms with Gasteiger partial charge < -0.3 is 5.73 Å². The molecule has 2 aromatic rings. The first-order valence-electron chi connectivity index (χ1n) is 6.36. The second kappa shape index (κ2) is 5.92. The summed E-state index contributed by atoms with van der Waals surface area (Å²) in [7, 11) is -3.80. The van der Waals surface area contributed by atoms with Crippen molar-refractivity contribution >= 4 is 10.0 Å². The molecule has 0 radical (unpaired) electrons. The minimum Gasteiger partial charge on any atom is -0.326 e. The molecule has 0 aliphatic heterocycles. The van der Waals surface area contributed by atoms with Crippen molar-refractivity contribution in [3.05, 3.63) is 46.9 Å². The molecule has 1 atom stereocenters. The first-order valence-corrected chi connectivity index (χ1v) is 7.84. The standard InChI is InChI=1S/C13H17FN4O2S/c1-8-3-4-10(5-12(8)14)9(2)18-21(19,20)13-11(6-15)7-16-17-13/h3-5,7,9,18H,6,15H2,1-2H3,(H,16,17). The molecule has 0 bridgehead atoms. The van der Waals surface area contributed by atoms with Crippen LogP contribution in [0.1, 0.15) is 29.7 Å². The van der Waals surface area contributed by atoms with Crippen LogP contribution in [0.2, 0.25) is 0 Å². The summed E-state index contributed by atoms with van der Waals surface area (Å²) in [5.41, 5.74) is 6.91. The average molecular weight is 312 g/mol. The van der Waals surface area contributed by atoms with Gasteiger partial charge in [-0.25, -0.2) is 17.5 Å². The third kappa shape index (κ3) is 3.29. The number of aromatic nitrogens is 2. The highest BCUT2D eigenvalue weighted by Gasteiger charge is 2.23. The van der Waals surface area contributed by atoms with Gasteiger partial charge in [-0.15, -0.1) is 0 Å². The highest BCUT2D eigenvalue weighted by Crippen LogP contribution is 2.19. The van der Waals surface area contributed by atoms with Gasteiger partial charge in [-0.05, 0) is 31.0 Å². The Labute approximate surface area is 122 Å². The summed E-state index contributed by atoms with van der Waals surface area (Å²) in [4.78, 5) is 0. The highest BCUT2D eigenvalue weighted by molar-refractivity contribution is 7.89. The number of hydrogen-bond donors (Lipinski definition) is 3. The second-order valence-electron chi connectivity index (χ2n) is 4.78. The Balaban J connectivity index is 2.25. The Kier molecular flexibility index (Phi) is 4.40. The van der Waals surface area contributed by atoms with Crippen LogP contribution in [0.25, 0.3) is 0 Å². The summed E-state index contributed by atoms with van der Waals surface area (Å²) in [5.74, 6) is -0.372. The van der Waals surface area contributed by atoms with E-state index in [-0.39, 0.29) is 17.4 Å². The minimum absolute atomic E-state index is 0.0558. The van der Waals surface area contributed by atoms with Crippen LogP contribution in [0, 0.1) is 12.7 Å². The summed E-state index contributed by atoms with van der Waals surface area (Å²) >= 11 is 0. The SMILES string of the molecule is Cc1ccc(C(C)NS(=O)(=O)c2[nH]ncc2CN)cc1F. The van der Waals surface area contributed by atoms with Crippen LogP contribution in [0.4, 0.5) is 4.39 Å². The lowest BCUT2D eigenvalue weighted by Crippen LogP contribution is -2.28. The molecule has 2 rings (SSSR count). The largest absolute Gasteiger partial charge is 0.326 e. The van der Waals surface area contributed by atoms with Crippen LogP contribution in [-0.2, 0) is 16.6 Å². The molecule has 1 aromatic carbocycles. The van der Waals surface area contributed by atoms with E-state index in [1.165, 1.54) is 12.3 Å². The van der Waals surface area contributed by atoms with Crippen molar-refractivity contribution in [2.45, 2.75) is 31.5 Å². The average Bonchev–Trinajstić information content (AvgIpc) is 2.90. The number of nitrogens with zero attached hydrogens (tertiary/aromatic N) is 1. The van der Waals surface area contributed by atoms with Crippen LogP contribution in [0.15, 0.2) is 29.4 Å². The smallest absolute Gasteiger partial charge is 0.258 e. The van der Waals surface area contributed by atoms with Gasteiger partial charge in [0, 0.05) is 18.2 Å². The van der Waals surface area contributed by atoms with Gasteiger partial charge in [-0.2, -0.15) is 5.10 Å². The number of H-pyrrole nitrogens is 1. The fourth-order valence-corrected chi connectivity index (χ4v) is 3.29. The van der Waals surface area contributed by atoms with Crippen molar-refractivity contribution in [1.82, 2.24) is 14.9 Å². The number of aromatic amines is 1. The molecule has 1 unspecified atom stereocenters. The first kappa shape index (κ1) is 15.6. The molecule has 21 heavy (non-hydrogen) atoms. The molecule has 0 aliphatic rings. The Morgan fingerprint density at radius 1 is 1.48 bits per heavy atom. The normalized spacial score (nSPS) is 13.3. The molecule has 114 valence electrons. The number of nitrogens with one attached hydrogen (secondary N) is 2. The molecular weight excluding hydrogens is 295 g/mol. The van der Waals surface area contributed by atoms with E-state index < -0.39 is 16.1 Å².